The van der Waals surface area contributed by atoms with E-state index >= 15 is 0 Å². The van der Waals surface area contributed by atoms with Crippen LogP contribution in [0.5, 0.6) is 5.75 Å². The van der Waals surface area contributed by atoms with Crippen LogP contribution in [0.15, 0.2) is 48.5 Å². The topological polar surface area (TPSA) is 38.5 Å². The third-order valence-corrected chi connectivity index (χ3v) is 6.26. The molecule has 2 unspecified atom stereocenters. The molecule has 2 bridgehead atoms. The Morgan fingerprint density at radius 2 is 2.00 bits per heavy atom. The highest BCUT2D eigenvalue weighted by Gasteiger charge is 2.43. The highest BCUT2D eigenvalue weighted by atomic mass is 16.5. The lowest BCUT2D eigenvalue weighted by atomic mass is 9.63. The molecule has 1 aliphatic carbocycles. The van der Waals surface area contributed by atoms with Gasteiger partial charge in [0.2, 0.25) is 0 Å². The molecule has 4 rings (SSSR count). The fraction of sp³-hybridized carbons (Fsp3) is 0.455. The van der Waals surface area contributed by atoms with Crippen LogP contribution in [0.3, 0.4) is 0 Å². The monoisotopic (exact) mass is 336 g/mol. The minimum Gasteiger partial charge on any atom is -0.497 e. The summed E-state index contributed by atoms with van der Waals surface area (Å²) in [5, 5.41) is 0. The molecule has 2 aromatic rings. The molecule has 2 aromatic carbocycles. The number of nitrogen functional groups attached to an aromatic ring is 1. The number of nitrogens with two attached hydrogens (primary N) is 1. The van der Waals surface area contributed by atoms with Gasteiger partial charge < -0.3 is 10.5 Å². The summed E-state index contributed by atoms with van der Waals surface area (Å²) in [5.41, 5.74) is 10.1. The number of benzene rings is 2. The summed E-state index contributed by atoms with van der Waals surface area (Å²) in [6, 6.07) is 17.8. The van der Waals surface area contributed by atoms with Gasteiger partial charge in [-0.3, -0.25) is 4.90 Å². The summed E-state index contributed by atoms with van der Waals surface area (Å²) in [5.74, 6) is 0.931. The molecular formula is C22H28N2O. The molecule has 1 aliphatic heterocycles. The van der Waals surface area contributed by atoms with Gasteiger partial charge >= 0.3 is 0 Å². The molecule has 2 aliphatic rings. The van der Waals surface area contributed by atoms with Gasteiger partial charge in [-0.25, -0.2) is 0 Å². The number of ether oxygens (including phenoxy) is 1. The first-order chi connectivity index (χ1) is 12.2. The minimum absolute atomic E-state index is 0.342. The van der Waals surface area contributed by atoms with Gasteiger partial charge in [0.05, 0.1) is 7.11 Å². The van der Waals surface area contributed by atoms with Crippen molar-refractivity contribution in [2.75, 3.05) is 19.4 Å². The van der Waals surface area contributed by atoms with Gasteiger partial charge in [0.25, 0.3) is 0 Å². The fourth-order valence-electron chi connectivity index (χ4n) is 4.86. The molecule has 2 N–H and O–H groups in total. The van der Waals surface area contributed by atoms with Crippen molar-refractivity contribution in [1.82, 2.24) is 4.90 Å². The molecule has 0 spiro atoms. The normalized spacial score (nSPS) is 26.4. The standard InChI is InChI=1S/C22H28N2O/c1-25-21-9-7-17(8-10-21)16-24-13-12-22(11-3-6-20(24)15-22)18-4-2-5-19(23)14-18/h2,4-5,7-10,14,20H,3,6,11-13,15-16,23H2,1H3. The van der Waals surface area contributed by atoms with Crippen molar-refractivity contribution < 1.29 is 4.74 Å². The Balaban J connectivity index is 1.50. The third kappa shape index (κ3) is 3.25. The van der Waals surface area contributed by atoms with Gasteiger partial charge in [0.1, 0.15) is 5.75 Å². The third-order valence-electron chi connectivity index (χ3n) is 6.26. The fourth-order valence-corrected chi connectivity index (χ4v) is 4.86. The maximum absolute atomic E-state index is 6.06. The number of fused-ring (bicyclic) bond motifs is 2. The van der Waals surface area contributed by atoms with Crippen LogP contribution in [-0.2, 0) is 12.0 Å². The number of methoxy groups -OCH3 is 1. The van der Waals surface area contributed by atoms with Crippen molar-refractivity contribution in [3.05, 3.63) is 59.7 Å². The molecule has 1 heterocycles. The van der Waals surface area contributed by atoms with Crippen LogP contribution >= 0.6 is 0 Å². The van der Waals surface area contributed by atoms with Crippen LogP contribution < -0.4 is 10.5 Å². The lowest BCUT2D eigenvalue weighted by molar-refractivity contribution is 0.0459. The van der Waals surface area contributed by atoms with Crippen molar-refractivity contribution in [3.63, 3.8) is 0 Å². The van der Waals surface area contributed by atoms with Crippen LogP contribution in [0.4, 0.5) is 5.69 Å². The highest BCUT2D eigenvalue weighted by molar-refractivity contribution is 5.44. The number of hydrogen-bond acceptors (Lipinski definition) is 3. The lowest BCUT2D eigenvalue weighted by Crippen LogP contribution is -2.51. The van der Waals surface area contributed by atoms with E-state index in [1.165, 1.54) is 49.8 Å². The van der Waals surface area contributed by atoms with Crippen molar-refractivity contribution in [2.45, 2.75) is 50.1 Å². The van der Waals surface area contributed by atoms with E-state index in [1.54, 1.807) is 7.11 Å². The van der Waals surface area contributed by atoms with Crippen molar-refractivity contribution in [3.8, 4) is 5.75 Å². The van der Waals surface area contributed by atoms with Gasteiger partial charge in [-0.05, 0) is 73.0 Å². The number of nitrogens with zero attached hydrogens (tertiary/aromatic N) is 1. The highest BCUT2D eigenvalue weighted by Crippen LogP contribution is 2.47. The molecule has 2 atom stereocenters. The summed E-state index contributed by atoms with van der Waals surface area (Å²) >= 11 is 0. The number of piperidine rings is 1. The zero-order valence-electron chi connectivity index (χ0n) is 15.1. The Labute approximate surface area is 150 Å². The summed E-state index contributed by atoms with van der Waals surface area (Å²) in [7, 11) is 1.72. The molecule has 0 radical (unpaired) electrons. The predicted octanol–water partition coefficient (Wildman–Crippen LogP) is 4.36. The van der Waals surface area contributed by atoms with E-state index in [-0.39, 0.29) is 0 Å². The molecule has 1 saturated carbocycles. The van der Waals surface area contributed by atoms with E-state index < -0.39 is 0 Å². The average molecular weight is 336 g/mol. The summed E-state index contributed by atoms with van der Waals surface area (Å²) in [4.78, 5) is 2.69. The van der Waals surface area contributed by atoms with Gasteiger partial charge in [-0.1, -0.05) is 30.7 Å². The molecule has 2 fully saturated rings. The SMILES string of the molecule is COc1ccc(CN2CCC3(c4cccc(N)c4)CCCC2C3)cc1. The van der Waals surface area contributed by atoms with E-state index in [0.717, 1.165) is 18.0 Å². The quantitative estimate of drug-likeness (QED) is 0.843. The second kappa shape index (κ2) is 6.72. The van der Waals surface area contributed by atoms with Crippen molar-refractivity contribution in [2.24, 2.45) is 0 Å². The van der Waals surface area contributed by atoms with E-state index in [0.29, 0.717) is 11.5 Å². The first-order valence-electron chi connectivity index (χ1n) is 9.42. The van der Waals surface area contributed by atoms with Crippen LogP contribution in [0.1, 0.15) is 43.2 Å². The predicted molar refractivity (Wildman–Crippen MR) is 103 cm³/mol. The zero-order valence-corrected chi connectivity index (χ0v) is 15.1. The van der Waals surface area contributed by atoms with E-state index in [9.17, 15) is 0 Å². The maximum atomic E-state index is 6.06. The second-order valence-corrected chi connectivity index (χ2v) is 7.72. The Morgan fingerprint density at radius 3 is 2.76 bits per heavy atom. The first kappa shape index (κ1) is 16.5. The van der Waals surface area contributed by atoms with Gasteiger partial charge in [-0.15, -0.1) is 0 Å². The summed E-state index contributed by atoms with van der Waals surface area (Å²) in [6.45, 7) is 2.22. The molecular weight excluding hydrogens is 308 g/mol. The molecule has 3 heteroatoms. The molecule has 0 aromatic heterocycles. The van der Waals surface area contributed by atoms with E-state index in [1.807, 2.05) is 6.07 Å². The smallest absolute Gasteiger partial charge is 0.118 e. The number of rotatable bonds is 4. The van der Waals surface area contributed by atoms with E-state index in [2.05, 4.69) is 47.4 Å². The van der Waals surface area contributed by atoms with Crippen molar-refractivity contribution in [1.29, 1.82) is 0 Å². The maximum Gasteiger partial charge on any atom is 0.118 e. The van der Waals surface area contributed by atoms with Gasteiger partial charge in [-0.2, -0.15) is 0 Å². The Kier molecular flexibility index (Phi) is 4.43. The number of anilines is 1. The van der Waals surface area contributed by atoms with Crippen LogP contribution in [0, 0.1) is 0 Å². The van der Waals surface area contributed by atoms with Crippen molar-refractivity contribution >= 4 is 5.69 Å². The molecule has 1 saturated heterocycles. The second-order valence-electron chi connectivity index (χ2n) is 7.72. The molecule has 25 heavy (non-hydrogen) atoms. The van der Waals surface area contributed by atoms with Crippen LogP contribution in [0.25, 0.3) is 0 Å². The Bertz CT molecular complexity index is 727. The lowest BCUT2D eigenvalue weighted by Gasteiger charge is -2.51. The molecule has 132 valence electrons. The molecule has 0 amide bonds. The van der Waals surface area contributed by atoms with E-state index in [4.69, 9.17) is 10.5 Å². The Morgan fingerprint density at radius 1 is 1.16 bits per heavy atom. The van der Waals surface area contributed by atoms with Crippen LogP contribution in [-0.4, -0.2) is 24.6 Å². The van der Waals surface area contributed by atoms with Gasteiger partial charge in [0.15, 0.2) is 0 Å². The van der Waals surface area contributed by atoms with Gasteiger partial charge in [0, 0.05) is 18.3 Å². The number of likely N-dealkylation sites (tertiary alicyclic amines) is 1. The average Bonchev–Trinajstić information content (AvgIpc) is 2.65. The summed E-state index contributed by atoms with van der Waals surface area (Å²) in [6.07, 6.45) is 6.46. The summed E-state index contributed by atoms with van der Waals surface area (Å²) < 4.78 is 5.27. The minimum atomic E-state index is 0.342. The Hall–Kier alpha value is -2.00. The largest absolute Gasteiger partial charge is 0.497 e. The zero-order chi connectivity index (χ0) is 17.3. The van der Waals surface area contributed by atoms with Crippen LogP contribution in [0.2, 0.25) is 0 Å². The molecule has 3 nitrogen and oxygen atoms in total. The number of hydrogen-bond donors (Lipinski definition) is 1. The first-order valence-corrected chi connectivity index (χ1v) is 9.42.